The molecule has 0 spiro atoms. The molecule has 0 aliphatic heterocycles. The van der Waals surface area contributed by atoms with E-state index in [0.29, 0.717) is 12.3 Å². The zero-order valence-electron chi connectivity index (χ0n) is 9.36. The molecule has 5 nitrogen and oxygen atoms in total. The molecular formula is C9H19N5. The van der Waals surface area contributed by atoms with Gasteiger partial charge in [0, 0.05) is 12.0 Å². The minimum Gasteiger partial charge on any atom is -0.325 e. The summed E-state index contributed by atoms with van der Waals surface area (Å²) in [5.74, 6) is 1.25. The van der Waals surface area contributed by atoms with Crippen molar-refractivity contribution in [2.24, 2.45) is 11.7 Å². The first-order valence-corrected chi connectivity index (χ1v) is 4.92. The Kier molecular flexibility index (Phi) is 3.21. The van der Waals surface area contributed by atoms with Crippen molar-refractivity contribution < 1.29 is 0 Å². The van der Waals surface area contributed by atoms with Gasteiger partial charge in [-0.1, -0.05) is 13.8 Å². The van der Waals surface area contributed by atoms with Crippen LogP contribution in [-0.4, -0.2) is 25.7 Å². The predicted octanol–water partition coefficient (Wildman–Crippen LogP) is 0.609. The van der Waals surface area contributed by atoms with Crippen LogP contribution in [0.2, 0.25) is 0 Å². The Morgan fingerprint density at radius 2 is 2.07 bits per heavy atom. The van der Waals surface area contributed by atoms with Crippen molar-refractivity contribution in [2.45, 2.75) is 46.2 Å². The minimum absolute atomic E-state index is 0.272. The monoisotopic (exact) mass is 197 g/mol. The first-order chi connectivity index (χ1) is 6.37. The quantitative estimate of drug-likeness (QED) is 0.767. The number of nitrogens with two attached hydrogens (primary N) is 1. The van der Waals surface area contributed by atoms with Gasteiger partial charge in [0.15, 0.2) is 5.82 Å². The smallest absolute Gasteiger partial charge is 0.176 e. The van der Waals surface area contributed by atoms with Crippen molar-refractivity contribution >= 4 is 0 Å². The van der Waals surface area contributed by atoms with Gasteiger partial charge < -0.3 is 5.73 Å². The predicted molar refractivity (Wildman–Crippen MR) is 54.6 cm³/mol. The van der Waals surface area contributed by atoms with E-state index in [9.17, 15) is 0 Å². The van der Waals surface area contributed by atoms with Gasteiger partial charge in [-0.05, 0) is 25.0 Å². The van der Waals surface area contributed by atoms with Crippen LogP contribution in [0.5, 0.6) is 0 Å². The second-order valence-corrected chi connectivity index (χ2v) is 4.82. The number of hydrogen-bond acceptors (Lipinski definition) is 4. The summed E-state index contributed by atoms with van der Waals surface area (Å²) in [6.07, 6.45) is 0.658. The highest BCUT2D eigenvalue weighted by molar-refractivity contribution is 4.88. The number of nitrogens with zero attached hydrogens (tertiary/aromatic N) is 4. The lowest BCUT2D eigenvalue weighted by Crippen LogP contribution is -2.34. The minimum atomic E-state index is -0.272. The van der Waals surface area contributed by atoms with Crippen LogP contribution < -0.4 is 5.73 Å². The van der Waals surface area contributed by atoms with Crippen LogP contribution >= 0.6 is 0 Å². The molecule has 14 heavy (non-hydrogen) atoms. The molecule has 0 aliphatic rings. The van der Waals surface area contributed by atoms with Crippen LogP contribution in [0.3, 0.4) is 0 Å². The topological polar surface area (TPSA) is 69.6 Å². The molecule has 80 valence electrons. The zero-order chi connectivity index (χ0) is 10.8. The van der Waals surface area contributed by atoms with Crippen LogP contribution in [0, 0.1) is 5.92 Å². The van der Waals surface area contributed by atoms with E-state index in [1.54, 1.807) is 4.80 Å². The molecule has 2 N–H and O–H groups in total. The molecule has 1 aromatic rings. The van der Waals surface area contributed by atoms with Gasteiger partial charge in [0.2, 0.25) is 0 Å². The van der Waals surface area contributed by atoms with E-state index >= 15 is 0 Å². The van der Waals surface area contributed by atoms with E-state index in [0.717, 1.165) is 12.4 Å². The fraction of sp³-hybridized carbons (Fsp3) is 0.889. The van der Waals surface area contributed by atoms with Crippen LogP contribution in [0.25, 0.3) is 0 Å². The Balaban J connectivity index is 2.60. The molecule has 0 aliphatic carbocycles. The van der Waals surface area contributed by atoms with E-state index in [4.69, 9.17) is 5.73 Å². The third-order valence-corrected chi connectivity index (χ3v) is 1.64. The molecule has 0 radical (unpaired) electrons. The lowest BCUT2D eigenvalue weighted by atomic mass is 10.0. The van der Waals surface area contributed by atoms with E-state index in [2.05, 4.69) is 29.3 Å². The zero-order valence-corrected chi connectivity index (χ0v) is 9.36. The number of rotatable bonds is 4. The van der Waals surface area contributed by atoms with E-state index in [-0.39, 0.29) is 5.54 Å². The molecular weight excluding hydrogens is 178 g/mol. The van der Waals surface area contributed by atoms with Gasteiger partial charge in [-0.2, -0.15) is 4.80 Å². The van der Waals surface area contributed by atoms with Gasteiger partial charge in [-0.3, -0.25) is 0 Å². The van der Waals surface area contributed by atoms with Crippen LogP contribution in [0.15, 0.2) is 0 Å². The summed E-state index contributed by atoms with van der Waals surface area (Å²) in [5, 5.41) is 12.2. The SMILES string of the molecule is CC(C)Cn1nnc(CC(C)(C)N)n1. The molecule has 0 fully saturated rings. The summed E-state index contributed by atoms with van der Waals surface area (Å²) in [6.45, 7) is 8.95. The van der Waals surface area contributed by atoms with Gasteiger partial charge in [-0.25, -0.2) is 0 Å². The van der Waals surface area contributed by atoms with Crippen molar-refractivity contribution in [3.8, 4) is 0 Å². The molecule has 0 amide bonds. The molecule has 5 heteroatoms. The summed E-state index contributed by atoms with van der Waals surface area (Å²) >= 11 is 0. The van der Waals surface area contributed by atoms with Gasteiger partial charge in [-0.15, -0.1) is 10.2 Å². The number of hydrogen-bond donors (Lipinski definition) is 1. The van der Waals surface area contributed by atoms with Crippen molar-refractivity contribution in [3.05, 3.63) is 5.82 Å². The van der Waals surface area contributed by atoms with Crippen LogP contribution in [0.4, 0.5) is 0 Å². The van der Waals surface area contributed by atoms with Gasteiger partial charge in [0.05, 0.1) is 6.54 Å². The van der Waals surface area contributed by atoms with E-state index < -0.39 is 0 Å². The standard InChI is InChI=1S/C9H19N5/c1-7(2)6-14-12-8(11-13-14)5-9(3,4)10/h7H,5-6,10H2,1-4H3. The highest BCUT2D eigenvalue weighted by Gasteiger charge is 2.15. The molecule has 0 aromatic carbocycles. The van der Waals surface area contributed by atoms with E-state index in [1.165, 1.54) is 0 Å². The van der Waals surface area contributed by atoms with Crippen LogP contribution in [0.1, 0.15) is 33.5 Å². The summed E-state index contributed by atoms with van der Waals surface area (Å²) in [6, 6.07) is 0. The maximum Gasteiger partial charge on any atom is 0.176 e. The normalized spacial score (nSPS) is 12.4. The maximum absolute atomic E-state index is 5.86. The Hall–Kier alpha value is -0.970. The average molecular weight is 197 g/mol. The van der Waals surface area contributed by atoms with E-state index in [1.807, 2.05) is 13.8 Å². The number of tetrazole rings is 1. The van der Waals surface area contributed by atoms with Crippen molar-refractivity contribution in [3.63, 3.8) is 0 Å². The highest BCUT2D eigenvalue weighted by atomic mass is 15.6. The first-order valence-electron chi connectivity index (χ1n) is 4.92. The lowest BCUT2D eigenvalue weighted by Gasteiger charge is -2.14. The Morgan fingerprint density at radius 1 is 1.43 bits per heavy atom. The maximum atomic E-state index is 5.86. The fourth-order valence-corrected chi connectivity index (χ4v) is 1.16. The molecule has 0 unspecified atom stereocenters. The third kappa shape index (κ3) is 3.83. The highest BCUT2D eigenvalue weighted by Crippen LogP contribution is 2.04. The average Bonchev–Trinajstić information content (AvgIpc) is 2.30. The lowest BCUT2D eigenvalue weighted by molar-refractivity contribution is 0.426. The molecule has 0 saturated carbocycles. The second-order valence-electron chi connectivity index (χ2n) is 4.82. The largest absolute Gasteiger partial charge is 0.325 e. The molecule has 1 aromatic heterocycles. The molecule has 0 saturated heterocycles. The van der Waals surface area contributed by atoms with Gasteiger partial charge in [0.1, 0.15) is 0 Å². The summed E-state index contributed by atoms with van der Waals surface area (Å²) in [7, 11) is 0. The number of aromatic nitrogens is 4. The fourth-order valence-electron chi connectivity index (χ4n) is 1.16. The molecule has 0 bridgehead atoms. The van der Waals surface area contributed by atoms with Crippen LogP contribution in [-0.2, 0) is 13.0 Å². The summed E-state index contributed by atoms with van der Waals surface area (Å²) in [4.78, 5) is 1.63. The van der Waals surface area contributed by atoms with Crippen molar-refractivity contribution in [1.82, 2.24) is 20.2 Å². The molecule has 1 heterocycles. The first kappa shape index (κ1) is 11.1. The molecule has 0 atom stereocenters. The van der Waals surface area contributed by atoms with Crippen molar-refractivity contribution in [1.29, 1.82) is 0 Å². The Labute approximate surface area is 84.7 Å². The summed E-state index contributed by atoms with van der Waals surface area (Å²) < 4.78 is 0. The Morgan fingerprint density at radius 3 is 2.57 bits per heavy atom. The van der Waals surface area contributed by atoms with Gasteiger partial charge >= 0.3 is 0 Å². The van der Waals surface area contributed by atoms with Gasteiger partial charge in [0.25, 0.3) is 0 Å². The molecule has 1 rings (SSSR count). The Bertz CT molecular complexity index is 284. The third-order valence-electron chi connectivity index (χ3n) is 1.64. The van der Waals surface area contributed by atoms with Crippen molar-refractivity contribution in [2.75, 3.05) is 0 Å². The second kappa shape index (κ2) is 4.04. The summed E-state index contributed by atoms with van der Waals surface area (Å²) in [5.41, 5.74) is 5.59.